The van der Waals surface area contributed by atoms with E-state index in [1.807, 2.05) is 0 Å². The summed E-state index contributed by atoms with van der Waals surface area (Å²) in [5.74, 6) is -4.38. The van der Waals surface area contributed by atoms with Crippen molar-refractivity contribution in [2.75, 3.05) is 18.6 Å². The van der Waals surface area contributed by atoms with E-state index in [-0.39, 0.29) is 98.4 Å². The maximum atomic E-state index is 12.8. The molecule has 2 aliphatic rings. The number of amides is 2. The first-order valence-corrected chi connectivity index (χ1v) is 11.5. The van der Waals surface area contributed by atoms with E-state index in [2.05, 4.69) is 20.6 Å². The minimum Gasteiger partial charge on any atom is -0.543 e. The summed E-state index contributed by atoms with van der Waals surface area (Å²) in [5.41, 5.74) is 4.97. The molecule has 2 aliphatic heterocycles. The van der Waals surface area contributed by atoms with Crippen molar-refractivity contribution < 1.29 is 97.9 Å². The molecule has 2 aromatic rings. The number of carboxylic acids is 2. The molecule has 1 saturated heterocycles. The van der Waals surface area contributed by atoms with Crippen molar-refractivity contribution in [3.05, 3.63) is 45.9 Å². The number of aliphatic carboxylic acids is 1. The van der Waals surface area contributed by atoms with E-state index in [1.165, 1.54) is 36.4 Å². The number of nitrogen functional groups attached to an aromatic ring is 1. The minimum atomic E-state index is -1.60. The van der Waals surface area contributed by atoms with Crippen LogP contribution in [-0.4, -0.2) is 68.8 Å². The number of nitrogens with zero attached hydrogens (tertiary/aromatic N) is 4. The van der Waals surface area contributed by atoms with Gasteiger partial charge in [-0.1, -0.05) is 16.4 Å². The molecule has 2 amide bonds. The van der Waals surface area contributed by atoms with Crippen LogP contribution < -0.4 is 80.4 Å². The summed E-state index contributed by atoms with van der Waals surface area (Å²) in [6.07, 6.45) is 2.65. The predicted molar refractivity (Wildman–Crippen MR) is 117 cm³/mol. The maximum Gasteiger partial charge on any atom is 1.00 e. The first kappa shape index (κ1) is 31.0. The zero-order valence-corrected chi connectivity index (χ0v) is 25.3. The van der Waals surface area contributed by atoms with Crippen molar-refractivity contribution in [2.45, 2.75) is 11.4 Å². The number of aromatic carboxylic acids is 1. The third-order valence-corrected chi connectivity index (χ3v) is 6.80. The fraction of sp³-hybridized carbons (Fsp3) is 0.211. The Labute approximate surface area is 260 Å². The van der Waals surface area contributed by atoms with Gasteiger partial charge in [0.05, 0.1) is 17.6 Å². The molecule has 18 heteroatoms. The van der Waals surface area contributed by atoms with Crippen molar-refractivity contribution in [3.8, 4) is 0 Å². The summed E-state index contributed by atoms with van der Waals surface area (Å²) in [6, 6.07) is 0.0598. The predicted octanol–water partition coefficient (Wildman–Crippen LogP) is -8.45. The van der Waals surface area contributed by atoms with Gasteiger partial charge in [0.15, 0.2) is 16.6 Å². The fourth-order valence-corrected chi connectivity index (χ4v) is 5.17. The quantitative estimate of drug-likeness (QED) is 0.132. The summed E-state index contributed by atoms with van der Waals surface area (Å²) in [4.78, 5) is 57.9. The van der Waals surface area contributed by atoms with Crippen LogP contribution in [-0.2, 0) is 19.2 Å². The van der Waals surface area contributed by atoms with Crippen molar-refractivity contribution in [2.24, 2.45) is 5.16 Å². The number of fused-ring (bicyclic) bond motifs is 1. The largest absolute Gasteiger partial charge is 1.00 e. The summed E-state index contributed by atoms with van der Waals surface area (Å²) < 4.78 is 4.83. The number of β-lactam (4-membered cyclic amide) rings is 1. The number of nitrogens with one attached hydrogen (secondary N) is 1. The van der Waals surface area contributed by atoms with Crippen molar-refractivity contribution >= 4 is 63.8 Å². The average molecular weight is 564 g/mol. The van der Waals surface area contributed by atoms with Gasteiger partial charge < -0.3 is 40.2 Å². The monoisotopic (exact) mass is 564 g/mol. The van der Waals surface area contributed by atoms with Gasteiger partial charge in [0, 0.05) is 17.2 Å². The molecule has 4 rings (SSSR count). The van der Waals surface area contributed by atoms with Gasteiger partial charge in [0.2, 0.25) is 0 Å². The Morgan fingerprint density at radius 2 is 2.00 bits per heavy atom. The molecule has 0 unspecified atom stereocenters. The number of hydrogen-bond donors (Lipinski definition) is 2. The molecule has 0 radical (unpaired) electrons. The molecule has 0 aromatic carbocycles. The second kappa shape index (κ2) is 13.1. The van der Waals surface area contributed by atoms with Crippen molar-refractivity contribution in [1.29, 1.82) is 0 Å². The molecule has 14 nitrogen and oxygen atoms in total. The van der Waals surface area contributed by atoms with E-state index in [4.69, 9.17) is 15.1 Å². The van der Waals surface area contributed by atoms with Crippen LogP contribution in [0.3, 0.4) is 0 Å². The van der Waals surface area contributed by atoms with Gasteiger partial charge >= 0.3 is 59.1 Å². The van der Waals surface area contributed by atoms with Crippen LogP contribution >= 0.6 is 23.1 Å². The van der Waals surface area contributed by atoms with Gasteiger partial charge in [-0.25, -0.2) is 4.98 Å². The molecular formula is C19H14N6Na2O8S2. The second-order valence-corrected chi connectivity index (χ2v) is 8.95. The van der Waals surface area contributed by atoms with E-state index in [9.17, 15) is 29.4 Å². The molecule has 0 bridgehead atoms. The number of thiazole rings is 1. The van der Waals surface area contributed by atoms with Crippen LogP contribution in [0, 0.1) is 0 Å². The van der Waals surface area contributed by atoms with E-state index < -0.39 is 40.9 Å². The number of rotatable bonds is 8. The molecular weight excluding hydrogens is 550 g/mol. The molecule has 0 aliphatic carbocycles. The van der Waals surface area contributed by atoms with Gasteiger partial charge in [0.25, 0.3) is 11.8 Å². The zero-order chi connectivity index (χ0) is 25.3. The Bertz CT molecular complexity index is 1320. The Balaban J connectivity index is 0.00000241. The zero-order valence-electron chi connectivity index (χ0n) is 19.6. The topological polar surface area (TPSA) is 216 Å². The SMILES string of the molecule is CO/N=C(\C(=O)N[C@@H]1C(=O)N2C(C(=O)[O-])=C(/C=C\c3cc(C(=O)[O-])no3)CS[C@H]12)c1csc(N)n1.[Na+].[Na+]. The van der Waals surface area contributed by atoms with E-state index in [1.54, 1.807) is 0 Å². The van der Waals surface area contributed by atoms with Crippen LogP contribution in [0.2, 0.25) is 0 Å². The Morgan fingerprint density at radius 3 is 2.57 bits per heavy atom. The smallest absolute Gasteiger partial charge is 0.543 e. The summed E-state index contributed by atoms with van der Waals surface area (Å²) >= 11 is 2.29. The second-order valence-electron chi connectivity index (χ2n) is 6.95. The van der Waals surface area contributed by atoms with Gasteiger partial charge in [-0.2, -0.15) is 0 Å². The van der Waals surface area contributed by atoms with Gasteiger partial charge in [-0.05, 0) is 11.6 Å². The van der Waals surface area contributed by atoms with Crippen molar-refractivity contribution in [3.63, 3.8) is 0 Å². The van der Waals surface area contributed by atoms with E-state index in [0.29, 0.717) is 0 Å². The molecule has 2 aromatic heterocycles. The molecule has 0 saturated carbocycles. The van der Waals surface area contributed by atoms with Crippen LogP contribution in [0.25, 0.3) is 6.08 Å². The van der Waals surface area contributed by atoms with Crippen LogP contribution in [0.15, 0.2) is 38.5 Å². The maximum absolute atomic E-state index is 12.8. The third-order valence-electron chi connectivity index (χ3n) is 4.83. The number of hydrogen-bond acceptors (Lipinski definition) is 14. The number of allylic oxidation sites excluding steroid dienone is 1. The third kappa shape index (κ3) is 6.46. The fourth-order valence-electron chi connectivity index (χ4n) is 3.31. The van der Waals surface area contributed by atoms with E-state index >= 15 is 0 Å². The Morgan fingerprint density at radius 1 is 1.27 bits per heavy atom. The average Bonchev–Trinajstić information content (AvgIpc) is 3.47. The first-order valence-electron chi connectivity index (χ1n) is 9.60. The first-order chi connectivity index (χ1) is 16.7. The van der Waals surface area contributed by atoms with Crippen LogP contribution in [0.5, 0.6) is 0 Å². The molecule has 182 valence electrons. The number of nitrogens with two attached hydrogens (primary N) is 1. The molecule has 3 N–H and O–H groups in total. The molecule has 4 heterocycles. The number of thioether (sulfide) groups is 1. The van der Waals surface area contributed by atoms with E-state index in [0.717, 1.165) is 22.3 Å². The minimum absolute atomic E-state index is 0. The van der Waals surface area contributed by atoms with Gasteiger partial charge in [-0.15, -0.1) is 23.1 Å². The van der Waals surface area contributed by atoms with Gasteiger partial charge in [0.1, 0.15) is 29.9 Å². The normalized spacial score (nSPS) is 18.9. The standard InChI is InChI=1S/C19H16N6O8S2.2Na/c1-32-24-11(10-6-35-19(20)21-10)14(26)22-12-15(27)25-13(18(30)31)7(5-34-16(12)25)2-3-8-4-9(17(28)29)23-33-8;;/h2-4,6,12,16H,5H2,1H3,(H2,20,21)(H,22,26)(H,28,29)(H,30,31);;/q;2*+1/p-2/b3-2-,24-11-;;/t12-,16-;;/m1../s1. The number of carboxylic acid groups (broad SMARTS) is 2. The van der Waals surface area contributed by atoms with Gasteiger partial charge in [-0.3, -0.25) is 14.5 Å². The molecule has 2 atom stereocenters. The van der Waals surface area contributed by atoms with Crippen LogP contribution in [0.4, 0.5) is 5.13 Å². The van der Waals surface area contributed by atoms with Crippen molar-refractivity contribution in [1.82, 2.24) is 20.4 Å². The summed E-state index contributed by atoms with van der Waals surface area (Å²) in [6.45, 7) is 0. The number of oxime groups is 1. The number of carbonyl (C=O) groups excluding carboxylic acids is 4. The van der Waals surface area contributed by atoms with Crippen LogP contribution in [0.1, 0.15) is 21.9 Å². The molecule has 1 fully saturated rings. The number of carbonyl (C=O) groups is 4. The Kier molecular flexibility index (Phi) is 11.0. The number of anilines is 1. The Hall–Kier alpha value is -2.18. The summed E-state index contributed by atoms with van der Waals surface area (Å²) in [7, 11) is 1.24. The number of aromatic nitrogens is 2. The molecule has 0 spiro atoms. The summed E-state index contributed by atoms with van der Waals surface area (Å²) in [5, 5.41) is 33.1. The molecule has 37 heavy (non-hydrogen) atoms.